The number of aryl methyl sites for hydroxylation is 1. The number of carboxylic acids is 1. The second kappa shape index (κ2) is 7.05. The highest BCUT2D eigenvalue weighted by Gasteiger charge is 2.26. The zero-order valence-corrected chi connectivity index (χ0v) is 12.2. The number of urea groups is 1. The number of carboxylic acid groups (broad SMARTS) is 1. The molecule has 1 unspecified atom stereocenters. The maximum absolute atomic E-state index is 12.2. The molecule has 2 rings (SSSR count). The highest BCUT2D eigenvalue weighted by atomic mass is 16.4. The molecule has 1 aliphatic rings. The molecule has 0 spiro atoms. The normalized spacial score (nSPS) is 18.5. The number of carbonyl (C=O) groups excluding carboxylic acids is 1. The van der Waals surface area contributed by atoms with E-state index in [1.807, 2.05) is 0 Å². The minimum Gasteiger partial charge on any atom is -0.481 e. The maximum Gasteiger partial charge on any atom is 0.318 e. The van der Waals surface area contributed by atoms with Crippen molar-refractivity contribution in [1.29, 1.82) is 0 Å². The van der Waals surface area contributed by atoms with Crippen molar-refractivity contribution in [2.24, 2.45) is 7.05 Å². The molecule has 0 aliphatic carbocycles. The molecule has 1 atom stereocenters. The van der Waals surface area contributed by atoms with Gasteiger partial charge in [0, 0.05) is 26.1 Å². The summed E-state index contributed by atoms with van der Waals surface area (Å²) in [6.45, 7) is 0.952. The molecule has 1 aliphatic heterocycles. The van der Waals surface area contributed by atoms with E-state index in [-0.39, 0.29) is 25.0 Å². The van der Waals surface area contributed by atoms with Gasteiger partial charge in [-0.2, -0.15) is 5.10 Å². The average Bonchev–Trinajstić information content (AvgIpc) is 2.88. The smallest absolute Gasteiger partial charge is 0.318 e. The van der Waals surface area contributed by atoms with E-state index in [9.17, 15) is 9.59 Å². The fourth-order valence-electron chi connectivity index (χ4n) is 2.58. The molecule has 2 N–H and O–H groups in total. The van der Waals surface area contributed by atoms with E-state index >= 15 is 0 Å². The quantitative estimate of drug-likeness (QED) is 0.834. The van der Waals surface area contributed by atoms with Crippen molar-refractivity contribution >= 4 is 12.0 Å². The second-order valence-corrected chi connectivity index (χ2v) is 5.27. The van der Waals surface area contributed by atoms with Gasteiger partial charge in [0.2, 0.25) is 0 Å². The first kappa shape index (κ1) is 15.3. The van der Waals surface area contributed by atoms with Crippen LogP contribution in [0.2, 0.25) is 0 Å². The first-order valence-corrected chi connectivity index (χ1v) is 7.17. The van der Waals surface area contributed by atoms with Gasteiger partial charge < -0.3 is 15.3 Å². The maximum atomic E-state index is 12.2. The number of nitrogens with one attached hydrogen (secondary N) is 1. The zero-order chi connectivity index (χ0) is 15.2. The third-order valence-corrected chi connectivity index (χ3v) is 3.62. The molecule has 2 amide bonds. The van der Waals surface area contributed by atoms with Crippen molar-refractivity contribution in [3.63, 3.8) is 0 Å². The van der Waals surface area contributed by atoms with Crippen LogP contribution >= 0.6 is 0 Å². The zero-order valence-electron chi connectivity index (χ0n) is 12.2. The molecule has 0 bridgehead atoms. The predicted octanol–water partition coefficient (Wildman–Crippen LogP) is 0.744. The van der Waals surface area contributed by atoms with Crippen molar-refractivity contribution in [3.05, 3.63) is 12.2 Å². The van der Waals surface area contributed by atoms with Crippen LogP contribution in [0.4, 0.5) is 4.79 Å². The Morgan fingerprint density at radius 2 is 2.29 bits per heavy atom. The Morgan fingerprint density at radius 1 is 1.48 bits per heavy atom. The van der Waals surface area contributed by atoms with Gasteiger partial charge in [-0.25, -0.2) is 9.78 Å². The van der Waals surface area contributed by atoms with Gasteiger partial charge in [0.05, 0.1) is 6.54 Å². The molecule has 8 heteroatoms. The molecule has 1 fully saturated rings. The van der Waals surface area contributed by atoms with E-state index in [1.54, 1.807) is 23.0 Å². The van der Waals surface area contributed by atoms with Crippen LogP contribution in [0.3, 0.4) is 0 Å². The van der Waals surface area contributed by atoms with Gasteiger partial charge in [0.1, 0.15) is 6.33 Å². The summed E-state index contributed by atoms with van der Waals surface area (Å²) in [7, 11) is 1.77. The van der Waals surface area contributed by atoms with Crippen LogP contribution < -0.4 is 5.32 Å². The molecular weight excluding hydrogens is 274 g/mol. The number of nitrogens with zero attached hydrogens (tertiary/aromatic N) is 4. The fraction of sp³-hybridized carbons (Fsp3) is 0.692. The largest absolute Gasteiger partial charge is 0.481 e. The Labute approximate surface area is 123 Å². The van der Waals surface area contributed by atoms with Crippen molar-refractivity contribution in [2.75, 3.05) is 6.54 Å². The van der Waals surface area contributed by atoms with Crippen LogP contribution in [0.25, 0.3) is 0 Å². The summed E-state index contributed by atoms with van der Waals surface area (Å²) in [5, 5.41) is 15.7. The van der Waals surface area contributed by atoms with Crippen molar-refractivity contribution < 1.29 is 14.7 Å². The molecule has 116 valence electrons. The lowest BCUT2D eigenvalue weighted by molar-refractivity contribution is -0.137. The molecule has 2 heterocycles. The van der Waals surface area contributed by atoms with Gasteiger partial charge >= 0.3 is 12.0 Å². The minimum atomic E-state index is -0.821. The predicted molar refractivity (Wildman–Crippen MR) is 74.5 cm³/mol. The van der Waals surface area contributed by atoms with E-state index in [0.717, 1.165) is 19.3 Å². The molecule has 21 heavy (non-hydrogen) atoms. The number of aromatic nitrogens is 3. The van der Waals surface area contributed by atoms with Crippen molar-refractivity contribution in [3.8, 4) is 0 Å². The number of rotatable bonds is 5. The summed E-state index contributed by atoms with van der Waals surface area (Å²) < 4.78 is 1.58. The summed E-state index contributed by atoms with van der Waals surface area (Å²) in [4.78, 5) is 28.7. The van der Waals surface area contributed by atoms with Crippen molar-refractivity contribution in [1.82, 2.24) is 25.0 Å². The molecule has 0 aromatic carbocycles. The lowest BCUT2D eigenvalue weighted by Crippen LogP contribution is -2.48. The van der Waals surface area contributed by atoms with E-state index in [1.165, 1.54) is 0 Å². The average molecular weight is 295 g/mol. The summed E-state index contributed by atoms with van der Waals surface area (Å²) in [5.41, 5.74) is 0. The highest BCUT2D eigenvalue weighted by molar-refractivity contribution is 5.74. The van der Waals surface area contributed by atoms with Gasteiger partial charge in [0.25, 0.3) is 0 Å². The van der Waals surface area contributed by atoms with E-state index in [4.69, 9.17) is 5.11 Å². The lowest BCUT2D eigenvalue weighted by Gasteiger charge is -2.35. The standard InChI is InChI=1S/C13H21N5O3/c1-17-9-15-11(16-17)8-14-13(21)18-7-3-2-4-10(18)5-6-12(19)20/h9-10H,2-8H2,1H3,(H,14,21)(H,19,20). The third kappa shape index (κ3) is 4.44. The number of piperidine rings is 1. The van der Waals surface area contributed by atoms with Crippen LogP contribution in [0.1, 0.15) is 37.9 Å². The summed E-state index contributed by atoms with van der Waals surface area (Å²) in [6.07, 6.45) is 5.04. The lowest BCUT2D eigenvalue weighted by atomic mass is 9.98. The van der Waals surface area contributed by atoms with Crippen LogP contribution in [-0.2, 0) is 18.4 Å². The van der Waals surface area contributed by atoms with E-state index in [0.29, 0.717) is 18.8 Å². The molecule has 0 saturated carbocycles. The molecule has 1 saturated heterocycles. The Morgan fingerprint density at radius 3 is 2.95 bits per heavy atom. The van der Waals surface area contributed by atoms with Gasteiger partial charge in [-0.1, -0.05) is 0 Å². The molecule has 0 radical (unpaired) electrons. The first-order valence-electron chi connectivity index (χ1n) is 7.17. The number of carbonyl (C=O) groups is 2. The SMILES string of the molecule is Cn1cnc(CNC(=O)N2CCCCC2CCC(=O)O)n1. The molecular formula is C13H21N5O3. The fourth-order valence-corrected chi connectivity index (χ4v) is 2.58. The minimum absolute atomic E-state index is 0.00606. The number of aliphatic carboxylic acids is 1. The van der Waals surface area contributed by atoms with E-state index in [2.05, 4.69) is 15.4 Å². The second-order valence-electron chi connectivity index (χ2n) is 5.27. The summed E-state index contributed by atoms with van der Waals surface area (Å²) >= 11 is 0. The monoisotopic (exact) mass is 295 g/mol. The Balaban J connectivity index is 1.87. The summed E-state index contributed by atoms with van der Waals surface area (Å²) in [5.74, 6) is -0.261. The Kier molecular flexibility index (Phi) is 5.13. The van der Waals surface area contributed by atoms with E-state index < -0.39 is 5.97 Å². The van der Waals surface area contributed by atoms with Crippen molar-refractivity contribution in [2.45, 2.75) is 44.7 Å². The number of likely N-dealkylation sites (tertiary alicyclic amines) is 1. The van der Waals surface area contributed by atoms with Gasteiger partial charge in [-0.3, -0.25) is 9.48 Å². The molecule has 1 aromatic rings. The topological polar surface area (TPSA) is 100 Å². The third-order valence-electron chi connectivity index (χ3n) is 3.62. The van der Waals surface area contributed by atoms with Gasteiger partial charge in [0.15, 0.2) is 5.82 Å². The number of amides is 2. The Hall–Kier alpha value is -2.12. The van der Waals surface area contributed by atoms with Gasteiger partial charge in [-0.15, -0.1) is 0 Å². The highest BCUT2D eigenvalue weighted by Crippen LogP contribution is 2.21. The van der Waals surface area contributed by atoms with Crippen LogP contribution in [-0.4, -0.2) is 49.4 Å². The van der Waals surface area contributed by atoms with Gasteiger partial charge in [-0.05, 0) is 25.7 Å². The molecule has 1 aromatic heterocycles. The Bertz CT molecular complexity index is 502. The number of hydrogen-bond acceptors (Lipinski definition) is 4. The van der Waals surface area contributed by atoms with Crippen LogP contribution in [0.5, 0.6) is 0 Å². The first-order chi connectivity index (χ1) is 10.1. The van der Waals surface area contributed by atoms with Crippen LogP contribution in [0, 0.1) is 0 Å². The molecule has 8 nitrogen and oxygen atoms in total. The van der Waals surface area contributed by atoms with Crippen LogP contribution in [0.15, 0.2) is 6.33 Å². The number of hydrogen-bond donors (Lipinski definition) is 2. The summed E-state index contributed by atoms with van der Waals surface area (Å²) in [6, 6.07) is -0.163.